The summed E-state index contributed by atoms with van der Waals surface area (Å²) < 4.78 is 48.6. The summed E-state index contributed by atoms with van der Waals surface area (Å²) in [7, 11) is -3.33. The van der Waals surface area contributed by atoms with Crippen LogP contribution in [0.15, 0.2) is 18.2 Å². The third-order valence-electron chi connectivity index (χ3n) is 7.80. The lowest BCUT2D eigenvalue weighted by atomic mass is 9.72. The summed E-state index contributed by atoms with van der Waals surface area (Å²) in [5.41, 5.74) is 2.97. The lowest BCUT2D eigenvalue weighted by molar-refractivity contribution is -0.247. The van der Waals surface area contributed by atoms with E-state index >= 15 is 0 Å². The van der Waals surface area contributed by atoms with Crippen LogP contribution in [0, 0.1) is 0 Å². The van der Waals surface area contributed by atoms with E-state index in [0.29, 0.717) is 0 Å². The number of fused-ring (bicyclic) bond motifs is 3. The zero-order valence-electron chi connectivity index (χ0n) is 23.2. The van der Waals surface area contributed by atoms with Crippen LogP contribution in [0.1, 0.15) is 75.8 Å². The molecule has 6 atom stereocenters. The van der Waals surface area contributed by atoms with E-state index in [4.69, 9.17) is 37.5 Å². The van der Waals surface area contributed by atoms with Crippen molar-refractivity contribution in [3.05, 3.63) is 51.6 Å². The molecule has 2 aromatic carbocycles. The van der Waals surface area contributed by atoms with Gasteiger partial charge in [-0.1, -0.05) is 12.1 Å². The van der Waals surface area contributed by atoms with Crippen molar-refractivity contribution in [2.45, 2.75) is 69.4 Å². The summed E-state index contributed by atoms with van der Waals surface area (Å²) in [6, 6.07) is 3.75. The van der Waals surface area contributed by atoms with Gasteiger partial charge in [0.2, 0.25) is 5.78 Å². The predicted octanol–water partition coefficient (Wildman–Crippen LogP) is 0.376. The Morgan fingerprint density at radius 1 is 1.09 bits per heavy atom. The van der Waals surface area contributed by atoms with Gasteiger partial charge in [-0.25, -0.2) is 0 Å². The van der Waals surface area contributed by atoms with Crippen molar-refractivity contribution in [2.75, 3.05) is 7.11 Å². The maximum Gasteiger partial charge on any atom is 0.394 e. The number of nitrogens with two attached hydrogens (primary N) is 1. The van der Waals surface area contributed by atoms with Crippen LogP contribution in [0.4, 0.5) is 0 Å². The quantitative estimate of drug-likeness (QED) is 0.153. The van der Waals surface area contributed by atoms with E-state index in [9.17, 15) is 34.8 Å². The Morgan fingerprint density at radius 3 is 2.26 bits per heavy atom. The highest BCUT2D eigenvalue weighted by molar-refractivity contribution is 7.79. The van der Waals surface area contributed by atoms with E-state index in [2.05, 4.69) is 0 Å². The SMILES string of the molecule is COc1cccc2c1C(=O)c1c(O)c3c(c(O)c1C2=O)C[C@@](O)(C(C)=O)C[C@@H]3OC1CC(N)C(O)C(C)O1.O=S(=O)(O)O. The van der Waals surface area contributed by atoms with Crippen molar-refractivity contribution in [1.29, 1.82) is 0 Å². The first-order chi connectivity index (χ1) is 19.9. The number of carbonyl (C=O) groups excluding carboxylic acids is 3. The molecule has 1 aliphatic heterocycles. The second kappa shape index (κ2) is 11.5. The average Bonchev–Trinajstić information content (AvgIpc) is 2.90. The average molecular weight is 626 g/mol. The van der Waals surface area contributed by atoms with E-state index in [1.54, 1.807) is 6.92 Å². The second-order valence-corrected chi connectivity index (χ2v) is 11.5. The number of aliphatic hydroxyl groups is 2. The zero-order chi connectivity index (χ0) is 32.2. The van der Waals surface area contributed by atoms with Gasteiger partial charge in [0.1, 0.15) is 22.8 Å². The Hall–Kier alpha value is -3.48. The van der Waals surface area contributed by atoms with Gasteiger partial charge in [0.25, 0.3) is 0 Å². The first-order valence-electron chi connectivity index (χ1n) is 12.9. The lowest BCUT2D eigenvalue weighted by Crippen LogP contribution is -2.52. The molecule has 8 N–H and O–H groups in total. The van der Waals surface area contributed by atoms with Crippen molar-refractivity contribution >= 4 is 27.7 Å². The zero-order valence-corrected chi connectivity index (χ0v) is 24.0. The summed E-state index contributed by atoms with van der Waals surface area (Å²) in [4.78, 5) is 39.6. The van der Waals surface area contributed by atoms with E-state index < -0.39 is 93.0 Å². The minimum atomic E-state index is -4.67. The number of benzene rings is 2. The van der Waals surface area contributed by atoms with Crippen molar-refractivity contribution in [2.24, 2.45) is 5.73 Å². The molecule has 234 valence electrons. The number of hydrogen-bond donors (Lipinski definition) is 7. The normalized spacial score (nSPS) is 28.1. The Balaban J connectivity index is 0.000000782. The van der Waals surface area contributed by atoms with Crippen LogP contribution in [0.5, 0.6) is 17.2 Å². The molecular weight excluding hydrogens is 594 g/mol. The molecule has 4 unspecified atom stereocenters. The minimum absolute atomic E-state index is 0.0147. The molecule has 0 saturated carbocycles. The highest BCUT2D eigenvalue weighted by Gasteiger charge is 2.49. The van der Waals surface area contributed by atoms with Gasteiger partial charge in [0.05, 0.1) is 42.1 Å². The molecule has 1 saturated heterocycles. The van der Waals surface area contributed by atoms with Crippen LogP contribution in [-0.4, -0.2) is 92.5 Å². The Morgan fingerprint density at radius 2 is 1.70 bits per heavy atom. The number of rotatable bonds is 4. The number of aliphatic hydroxyl groups excluding tert-OH is 1. The molecule has 2 aliphatic carbocycles. The Bertz CT molecular complexity index is 1590. The molecule has 15 nitrogen and oxygen atoms in total. The van der Waals surface area contributed by atoms with Crippen LogP contribution >= 0.6 is 0 Å². The van der Waals surface area contributed by atoms with E-state index in [1.807, 2.05) is 0 Å². The molecule has 1 heterocycles. The summed E-state index contributed by atoms with van der Waals surface area (Å²) in [6.07, 6.45) is -4.53. The number of aromatic hydroxyl groups is 2. The summed E-state index contributed by atoms with van der Waals surface area (Å²) in [6.45, 7) is 2.79. The Labute approximate surface area is 245 Å². The molecule has 0 amide bonds. The predicted molar refractivity (Wildman–Crippen MR) is 145 cm³/mol. The fourth-order valence-electron chi connectivity index (χ4n) is 5.66. The van der Waals surface area contributed by atoms with Crippen LogP contribution in [0.3, 0.4) is 0 Å². The smallest absolute Gasteiger partial charge is 0.394 e. The molecular formula is C27H31NO14S. The third kappa shape index (κ3) is 6.00. The van der Waals surface area contributed by atoms with Crippen molar-refractivity contribution in [3.63, 3.8) is 0 Å². The van der Waals surface area contributed by atoms with Gasteiger partial charge in [-0.15, -0.1) is 0 Å². The first-order valence-corrected chi connectivity index (χ1v) is 14.3. The third-order valence-corrected chi connectivity index (χ3v) is 7.80. The topological polar surface area (TPSA) is 260 Å². The molecule has 0 radical (unpaired) electrons. The van der Waals surface area contributed by atoms with Crippen molar-refractivity contribution in [3.8, 4) is 17.2 Å². The van der Waals surface area contributed by atoms with E-state index in [0.717, 1.165) is 0 Å². The van der Waals surface area contributed by atoms with Gasteiger partial charge in [0.15, 0.2) is 17.9 Å². The number of Topliss-reactive ketones (excluding diaryl/α,β-unsaturated/α-hetero) is 1. The molecule has 16 heteroatoms. The van der Waals surface area contributed by atoms with Gasteiger partial charge in [-0.2, -0.15) is 8.42 Å². The summed E-state index contributed by atoms with van der Waals surface area (Å²) in [5, 5.41) is 44.1. The number of carbonyl (C=O) groups is 3. The molecule has 5 rings (SSSR count). The van der Waals surface area contributed by atoms with Gasteiger partial charge < -0.3 is 40.4 Å². The largest absolute Gasteiger partial charge is 0.507 e. The van der Waals surface area contributed by atoms with Crippen molar-refractivity contribution in [1.82, 2.24) is 0 Å². The monoisotopic (exact) mass is 625 g/mol. The van der Waals surface area contributed by atoms with Gasteiger partial charge in [-0.05, 0) is 19.9 Å². The Kier molecular flexibility index (Phi) is 8.71. The van der Waals surface area contributed by atoms with Gasteiger partial charge in [-0.3, -0.25) is 23.5 Å². The number of phenolic OH excluding ortho intramolecular Hbond substituents is 2. The van der Waals surface area contributed by atoms with Gasteiger partial charge >= 0.3 is 10.4 Å². The molecule has 0 aromatic heterocycles. The number of ether oxygens (including phenoxy) is 3. The highest BCUT2D eigenvalue weighted by Crippen LogP contribution is 2.52. The van der Waals surface area contributed by atoms with Crippen LogP contribution < -0.4 is 10.5 Å². The number of ketones is 3. The van der Waals surface area contributed by atoms with Crippen LogP contribution in [0.2, 0.25) is 0 Å². The van der Waals surface area contributed by atoms with Crippen LogP contribution in [-0.2, 0) is 31.1 Å². The fourth-order valence-corrected chi connectivity index (χ4v) is 5.66. The molecule has 1 fully saturated rings. The molecule has 0 bridgehead atoms. The molecule has 2 aromatic rings. The van der Waals surface area contributed by atoms with E-state index in [-0.39, 0.29) is 40.8 Å². The molecule has 3 aliphatic rings. The van der Waals surface area contributed by atoms with Crippen LogP contribution in [0.25, 0.3) is 0 Å². The second-order valence-electron chi connectivity index (χ2n) is 10.6. The highest BCUT2D eigenvalue weighted by atomic mass is 32.3. The summed E-state index contributed by atoms with van der Waals surface area (Å²) >= 11 is 0. The van der Waals surface area contributed by atoms with Crippen molar-refractivity contribution < 1.29 is 66.5 Å². The fraction of sp³-hybridized carbons (Fsp3) is 0.444. The first kappa shape index (κ1) is 32.4. The maximum absolute atomic E-state index is 13.6. The number of phenols is 2. The van der Waals surface area contributed by atoms with E-state index in [1.165, 1.54) is 32.2 Å². The maximum atomic E-state index is 13.6. The number of methoxy groups -OCH3 is 1. The summed E-state index contributed by atoms with van der Waals surface area (Å²) in [5.74, 6) is -3.18. The minimum Gasteiger partial charge on any atom is -0.507 e. The molecule has 43 heavy (non-hydrogen) atoms. The van der Waals surface area contributed by atoms with Gasteiger partial charge in [0, 0.05) is 42.0 Å². The standard InChI is InChI=1S/C27H29NO10.H2O4S/c1-10-22(30)14(28)7-17(37-10)38-16-9-27(35,11(2)29)8-13-19(16)26(34)21-20(24(13)32)23(31)12-5-4-6-15(36-3)18(12)25(21)33;1-5(2,3)4/h4-6,10,14,16-17,22,30,32,34-35H,7-9,28H2,1-3H3;(H2,1,2,3,4)/t10?,14?,16-,17?,22?,27-;/m0./s1. The molecule has 0 spiro atoms. The number of hydrogen-bond acceptors (Lipinski definition) is 13. The lowest BCUT2D eigenvalue weighted by Gasteiger charge is -2.42.